The van der Waals surface area contributed by atoms with Crippen LogP contribution in [-0.2, 0) is 16.6 Å². The molecule has 1 fully saturated rings. The first-order valence-corrected chi connectivity index (χ1v) is 9.34. The number of hydrogen-bond donors (Lipinski definition) is 1. The Morgan fingerprint density at radius 3 is 2.38 bits per heavy atom. The van der Waals surface area contributed by atoms with Gasteiger partial charge in [-0.25, -0.2) is 8.42 Å². The Morgan fingerprint density at radius 2 is 1.90 bits per heavy atom. The molecule has 0 aromatic carbocycles. The van der Waals surface area contributed by atoms with E-state index in [0.717, 1.165) is 31.4 Å². The number of nitrogens with one attached hydrogen (secondary N) is 1. The summed E-state index contributed by atoms with van der Waals surface area (Å²) < 4.78 is 29.4. The van der Waals surface area contributed by atoms with E-state index in [1.54, 1.807) is 4.31 Å². The van der Waals surface area contributed by atoms with Gasteiger partial charge in [0.15, 0.2) is 0 Å². The predicted molar refractivity (Wildman–Crippen MR) is 84.8 cm³/mol. The molecule has 0 radical (unpaired) electrons. The van der Waals surface area contributed by atoms with E-state index in [2.05, 4.69) is 9.88 Å². The standard InChI is InChI=1S/C15H27N3O2S/c1-4-8-17(9-5-2)21(19,20)15-10-14(11-16-3)18(12-15)13-6-7-13/h10,12-13,16H,4-9,11H2,1-3H3. The van der Waals surface area contributed by atoms with Crippen LogP contribution >= 0.6 is 0 Å². The van der Waals surface area contributed by atoms with Crippen LogP contribution in [0, 0.1) is 0 Å². The van der Waals surface area contributed by atoms with Gasteiger partial charge >= 0.3 is 0 Å². The monoisotopic (exact) mass is 313 g/mol. The van der Waals surface area contributed by atoms with E-state index in [1.165, 1.54) is 0 Å². The summed E-state index contributed by atoms with van der Waals surface area (Å²) in [5.41, 5.74) is 1.06. The zero-order valence-electron chi connectivity index (χ0n) is 13.3. The van der Waals surface area contributed by atoms with Gasteiger partial charge in [0.2, 0.25) is 10.0 Å². The third kappa shape index (κ3) is 3.67. The molecule has 21 heavy (non-hydrogen) atoms. The Balaban J connectivity index is 2.32. The van der Waals surface area contributed by atoms with E-state index in [-0.39, 0.29) is 0 Å². The maximum Gasteiger partial charge on any atom is 0.244 e. The lowest BCUT2D eigenvalue weighted by atomic mass is 10.4. The molecule has 1 N–H and O–H groups in total. The highest BCUT2D eigenvalue weighted by molar-refractivity contribution is 7.89. The zero-order chi connectivity index (χ0) is 15.5. The first kappa shape index (κ1) is 16.5. The molecule has 1 aliphatic carbocycles. The average molecular weight is 313 g/mol. The largest absolute Gasteiger partial charge is 0.346 e. The van der Waals surface area contributed by atoms with E-state index in [1.807, 2.05) is 33.2 Å². The molecule has 120 valence electrons. The van der Waals surface area contributed by atoms with Gasteiger partial charge in [-0.1, -0.05) is 13.8 Å². The summed E-state index contributed by atoms with van der Waals surface area (Å²) >= 11 is 0. The third-order valence-corrected chi connectivity index (χ3v) is 5.65. The van der Waals surface area contributed by atoms with E-state index in [0.29, 0.717) is 30.6 Å². The second-order valence-electron chi connectivity index (χ2n) is 5.74. The van der Waals surface area contributed by atoms with Crippen LogP contribution < -0.4 is 5.32 Å². The Labute approximate surface area is 128 Å². The summed E-state index contributed by atoms with van der Waals surface area (Å²) in [5.74, 6) is 0. The molecule has 5 nitrogen and oxygen atoms in total. The molecule has 6 heteroatoms. The fourth-order valence-corrected chi connectivity index (χ4v) is 4.33. The van der Waals surface area contributed by atoms with Gasteiger partial charge in [-0.2, -0.15) is 4.31 Å². The molecular formula is C15H27N3O2S. The van der Waals surface area contributed by atoms with E-state index < -0.39 is 10.0 Å². The number of aromatic nitrogens is 1. The Bertz CT molecular complexity index is 555. The van der Waals surface area contributed by atoms with Gasteiger partial charge in [0.05, 0.1) is 0 Å². The zero-order valence-corrected chi connectivity index (χ0v) is 14.1. The molecule has 1 aliphatic rings. The van der Waals surface area contributed by atoms with Gasteiger partial charge in [-0.15, -0.1) is 0 Å². The van der Waals surface area contributed by atoms with Crippen molar-refractivity contribution in [1.82, 2.24) is 14.2 Å². The minimum atomic E-state index is -3.37. The van der Waals surface area contributed by atoms with Crippen molar-refractivity contribution >= 4 is 10.0 Å². The molecular weight excluding hydrogens is 286 g/mol. The molecule has 1 aromatic rings. The molecule has 0 unspecified atom stereocenters. The third-order valence-electron chi connectivity index (χ3n) is 3.79. The number of hydrogen-bond acceptors (Lipinski definition) is 3. The first-order chi connectivity index (χ1) is 10.0. The highest BCUT2D eigenvalue weighted by atomic mass is 32.2. The van der Waals surface area contributed by atoms with Crippen molar-refractivity contribution in [2.24, 2.45) is 0 Å². The molecule has 0 aliphatic heterocycles. The van der Waals surface area contributed by atoms with E-state index in [9.17, 15) is 8.42 Å². The van der Waals surface area contributed by atoms with Crippen LogP contribution in [0.4, 0.5) is 0 Å². The summed E-state index contributed by atoms with van der Waals surface area (Å²) in [4.78, 5) is 0.446. The van der Waals surface area contributed by atoms with Crippen LogP contribution in [0.25, 0.3) is 0 Å². The molecule has 0 bridgehead atoms. The SMILES string of the molecule is CCCN(CCC)S(=O)(=O)c1cc(CNC)n(C2CC2)c1. The normalized spacial score (nSPS) is 15.8. The van der Waals surface area contributed by atoms with E-state index >= 15 is 0 Å². The summed E-state index contributed by atoms with van der Waals surface area (Å²) in [7, 11) is -1.48. The van der Waals surface area contributed by atoms with E-state index in [4.69, 9.17) is 0 Å². The average Bonchev–Trinajstić information content (AvgIpc) is 3.20. The van der Waals surface area contributed by atoms with Crippen LogP contribution in [0.5, 0.6) is 0 Å². The molecule has 0 saturated heterocycles. The molecule has 0 spiro atoms. The molecule has 1 aromatic heterocycles. The summed E-state index contributed by atoms with van der Waals surface area (Å²) in [5, 5.41) is 3.12. The van der Waals surface area contributed by atoms with Crippen molar-refractivity contribution in [3.8, 4) is 0 Å². The lowest BCUT2D eigenvalue weighted by Crippen LogP contribution is -2.32. The first-order valence-electron chi connectivity index (χ1n) is 7.90. The molecule has 0 amide bonds. The van der Waals surface area contributed by atoms with Gasteiger partial charge < -0.3 is 9.88 Å². The van der Waals surface area contributed by atoms with Gasteiger partial charge in [0.1, 0.15) is 4.90 Å². The molecule has 2 rings (SSSR count). The maximum atomic E-state index is 12.8. The van der Waals surface area contributed by atoms with Crippen LogP contribution in [0.1, 0.15) is 51.3 Å². The second kappa shape index (κ2) is 6.94. The van der Waals surface area contributed by atoms with Crippen LogP contribution in [0.3, 0.4) is 0 Å². The highest BCUT2D eigenvalue weighted by Gasteiger charge is 2.30. The summed E-state index contributed by atoms with van der Waals surface area (Å²) in [6.45, 7) is 5.91. The van der Waals surface area contributed by atoms with Crippen molar-refractivity contribution in [3.63, 3.8) is 0 Å². The molecule has 0 atom stereocenters. The number of rotatable bonds is 9. The van der Waals surface area contributed by atoms with Crippen LogP contribution in [-0.4, -0.2) is 37.4 Å². The minimum Gasteiger partial charge on any atom is -0.346 e. The Morgan fingerprint density at radius 1 is 1.29 bits per heavy atom. The van der Waals surface area contributed by atoms with Crippen molar-refractivity contribution in [2.75, 3.05) is 20.1 Å². The predicted octanol–water partition coefficient (Wildman–Crippen LogP) is 2.35. The number of sulfonamides is 1. The van der Waals surface area contributed by atoms with Crippen molar-refractivity contribution in [1.29, 1.82) is 0 Å². The van der Waals surface area contributed by atoms with Gasteiger partial charge in [0, 0.05) is 37.6 Å². The second-order valence-corrected chi connectivity index (χ2v) is 7.68. The van der Waals surface area contributed by atoms with Crippen LogP contribution in [0.2, 0.25) is 0 Å². The smallest absolute Gasteiger partial charge is 0.244 e. The Hall–Kier alpha value is -0.850. The fourth-order valence-electron chi connectivity index (χ4n) is 2.65. The number of nitrogens with zero attached hydrogens (tertiary/aromatic N) is 2. The lowest BCUT2D eigenvalue weighted by Gasteiger charge is -2.20. The molecule has 1 heterocycles. The minimum absolute atomic E-state index is 0.446. The van der Waals surface area contributed by atoms with Crippen molar-refractivity contribution in [2.45, 2.75) is 57.0 Å². The topological polar surface area (TPSA) is 54.3 Å². The lowest BCUT2D eigenvalue weighted by molar-refractivity contribution is 0.410. The highest BCUT2D eigenvalue weighted by Crippen LogP contribution is 2.37. The Kier molecular flexibility index (Phi) is 5.46. The van der Waals surface area contributed by atoms with Gasteiger partial charge in [-0.3, -0.25) is 0 Å². The maximum absolute atomic E-state index is 12.8. The fraction of sp³-hybridized carbons (Fsp3) is 0.733. The quantitative estimate of drug-likeness (QED) is 0.761. The van der Waals surface area contributed by atoms with Crippen molar-refractivity contribution in [3.05, 3.63) is 18.0 Å². The summed E-state index contributed by atoms with van der Waals surface area (Å²) in [6.07, 6.45) is 5.81. The summed E-state index contributed by atoms with van der Waals surface area (Å²) in [6, 6.07) is 2.32. The van der Waals surface area contributed by atoms with Gasteiger partial charge in [0.25, 0.3) is 0 Å². The van der Waals surface area contributed by atoms with Crippen LogP contribution in [0.15, 0.2) is 17.2 Å². The van der Waals surface area contributed by atoms with Crippen molar-refractivity contribution < 1.29 is 8.42 Å². The van der Waals surface area contributed by atoms with Gasteiger partial charge in [-0.05, 0) is 38.8 Å². The molecule has 1 saturated carbocycles.